The topological polar surface area (TPSA) is 55.8 Å². The van der Waals surface area contributed by atoms with Crippen LogP contribution in [0.25, 0.3) is 0 Å². The average molecular weight is 212 g/mol. The van der Waals surface area contributed by atoms with Gasteiger partial charge in [-0.3, -0.25) is 4.79 Å². The molecule has 1 aromatic rings. The first-order valence-corrected chi connectivity index (χ1v) is 4.41. The van der Waals surface area contributed by atoms with Gasteiger partial charge in [0.05, 0.1) is 13.0 Å². The fourth-order valence-corrected chi connectivity index (χ4v) is 1.53. The Labute approximate surface area is 85.2 Å². The van der Waals surface area contributed by atoms with Gasteiger partial charge in [-0.2, -0.15) is 0 Å². The van der Waals surface area contributed by atoms with Gasteiger partial charge in [0.15, 0.2) is 6.79 Å². The predicted molar refractivity (Wildman–Crippen MR) is 48.0 cm³/mol. The lowest BCUT2D eigenvalue weighted by atomic mass is 10.0. The SMILES string of the molecule is O=C(O)Cc1c(F)ccc2c1COCO2. The number of rotatable bonds is 2. The lowest BCUT2D eigenvalue weighted by molar-refractivity contribution is -0.136. The number of aliphatic carboxylic acids is 1. The summed E-state index contributed by atoms with van der Waals surface area (Å²) < 4.78 is 23.5. The fraction of sp³-hybridized carbons (Fsp3) is 0.300. The van der Waals surface area contributed by atoms with Crippen molar-refractivity contribution in [2.24, 2.45) is 0 Å². The molecule has 0 unspecified atom stereocenters. The third-order valence-electron chi connectivity index (χ3n) is 2.20. The molecule has 1 N–H and O–H groups in total. The van der Waals surface area contributed by atoms with Gasteiger partial charge in [-0.15, -0.1) is 0 Å². The number of benzene rings is 1. The van der Waals surface area contributed by atoms with Crippen LogP contribution < -0.4 is 4.74 Å². The molecule has 1 aliphatic heterocycles. The average Bonchev–Trinajstić information content (AvgIpc) is 2.22. The minimum atomic E-state index is -1.08. The summed E-state index contributed by atoms with van der Waals surface area (Å²) in [7, 11) is 0. The minimum Gasteiger partial charge on any atom is -0.481 e. The van der Waals surface area contributed by atoms with Crippen LogP contribution in [0, 0.1) is 5.82 Å². The van der Waals surface area contributed by atoms with E-state index in [9.17, 15) is 9.18 Å². The first-order valence-electron chi connectivity index (χ1n) is 4.41. The summed E-state index contributed by atoms with van der Waals surface area (Å²) in [5, 5.41) is 8.64. The number of hydrogen-bond donors (Lipinski definition) is 1. The van der Waals surface area contributed by atoms with E-state index in [0.717, 1.165) is 0 Å². The first kappa shape index (κ1) is 9.92. The van der Waals surface area contributed by atoms with Gasteiger partial charge in [-0.25, -0.2) is 4.39 Å². The molecule has 1 aliphatic rings. The zero-order chi connectivity index (χ0) is 10.8. The fourth-order valence-electron chi connectivity index (χ4n) is 1.53. The van der Waals surface area contributed by atoms with Crippen molar-refractivity contribution in [3.05, 3.63) is 29.1 Å². The Morgan fingerprint density at radius 3 is 3.07 bits per heavy atom. The van der Waals surface area contributed by atoms with Crippen molar-refractivity contribution in [2.75, 3.05) is 6.79 Å². The van der Waals surface area contributed by atoms with Gasteiger partial charge in [0.25, 0.3) is 0 Å². The maximum Gasteiger partial charge on any atom is 0.307 e. The summed E-state index contributed by atoms with van der Waals surface area (Å²) in [5.41, 5.74) is 0.628. The highest BCUT2D eigenvalue weighted by molar-refractivity contribution is 5.71. The number of halogens is 1. The molecule has 0 saturated heterocycles. The van der Waals surface area contributed by atoms with Crippen molar-refractivity contribution in [1.82, 2.24) is 0 Å². The van der Waals surface area contributed by atoms with Gasteiger partial charge in [0, 0.05) is 11.1 Å². The largest absolute Gasteiger partial charge is 0.481 e. The van der Waals surface area contributed by atoms with Crippen molar-refractivity contribution in [3.63, 3.8) is 0 Å². The molecule has 0 aliphatic carbocycles. The molecular formula is C10H9FO4. The van der Waals surface area contributed by atoms with Gasteiger partial charge in [0.1, 0.15) is 11.6 Å². The maximum absolute atomic E-state index is 13.4. The Bertz CT molecular complexity index is 403. The van der Waals surface area contributed by atoms with Crippen LogP contribution in [0.1, 0.15) is 11.1 Å². The Kier molecular flexibility index (Phi) is 2.55. The summed E-state index contributed by atoms with van der Waals surface area (Å²) in [4.78, 5) is 10.6. The quantitative estimate of drug-likeness (QED) is 0.803. The lowest BCUT2D eigenvalue weighted by Crippen LogP contribution is -2.16. The second-order valence-electron chi connectivity index (χ2n) is 3.18. The third-order valence-corrected chi connectivity index (χ3v) is 2.20. The molecule has 0 saturated carbocycles. The van der Waals surface area contributed by atoms with Crippen LogP contribution >= 0.6 is 0 Å². The number of carboxylic acids is 1. The van der Waals surface area contributed by atoms with Crippen molar-refractivity contribution < 1.29 is 23.8 Å². The van der Waals surface area contributed by atoms with Gasteiger partial charge in [-0.1, -0.05) is 0 Å². The van der Waals surface area contributed by atoms with Crippen LogP contribution in [0.4, 0.5) is 4.39 Å². The highest BCUT2D eigenvalue weighted by Gasteiger charge is 2.19. The van der Waals surface area contributed by atoms with Gasteiger partial charge in [0.2, 0.25) is 0 Å². The third kappa shape index (κ3) is 1.92. The van der Waals surface area contributed by atoms with Crippen LogP contribution in [-0.4, -0.2) is 17.9 Å². The van der Waals surface area contributed by atoms with E-state index in [1.54, 1.807) is 0 Å². The van der Waals surface area contributed by atoms with E-state index < -0.39 is 11.8 Å². The van der Waals surface area contributed by atoms with Crippen LogP contribution in [0.15, 0.2) is 12.1 Å². The smallest absolute Gasteiger partial charge is 0.307 e. The van der Waals surface area contributed by atoms with Crippen molar-refractivity contribution in [3.8, 4) is 5.75 Å². The Morgan fingerprint density at radius 2 is 2.33 bits per heavy atom. The number of carboxylic acid groups (broad SMARTS) is 1. The van der Waals surface area contributed by atoms with E-state index in [2.05, 4.69) is 0 Å². The second-order valence-corrected chi connectivity index (χ2v) is 3.18. The molecule has 0 amide bonds. The van der Waals surface area contributed by atoms with Gasteiger partial charge in [-0.05, 0) is 12.1 Å². The maximum atomic E-state index is 13.4. The molecule has 5 heteroatoms. The first-order chi connectivity index (χ1) is 7.18. The highest BCUT2D eigenvalue weighted by Crippen LogP contribution is 2.29. The molecule has 0 fully saturated rings. The standard InChI is InChI=1S/C10H9FO4/c11-8-1-2-9-7(4-14-5-15-9)6(8)3-10(12)13/h1-2H,3-5H2,(H,12,13). The highest BCUT2D eigenvalue weighted by atomic mass is 19.1. The zero-order valence-corrected chi connectivity index (χ0v) is 7.83. The molecule has 0 bridgehead atoms. The van der Waals surface area contributed by atoms with E-state index >= 15 is 0 Å². The summed E-state index contributed by atoms with van der Waals surface area (Å²) in [6.07, 6.45) is -0.359. The second kappa shape index (κ2) is 3.86. The summed E-state index contributed by atoms with van der Waals surface area (Å²) in [6, 6.07) is 2.70. The minimum absolute atomic E-state index is 0.116. The molecule has 4 nitrogen and oxygen atoms in total. The number of hydrogen-bond acceptors (Lipinski definition) is 3. The van der Waals surface area contributed by atoms with Crippen LogP contribution in [0.2, 0.25) is 0 Å². The molecule has 0 spiro atoms. The molecule has 2 rings (SSSR count). The molecule has 80 valence electrons. The van der Waals surface area contributed by atoms with E-state index in [-0.39, 0.29) is 25.4 Å². The van der Waals surface area contributed by atoms with Crippen LogP contribution in [0.5, 0.6) is 5.75 Å². The number of ether oxygens (including phenoxy) is 2. The van der Waals surface area contributed by atoms with Crippen LogP contribution in [0.3, 0.4) is 0 Å². The normalized spacial score (nSPS) is 14.2. The van der Waals surface area contributed by atoms with E-state index in [0.29, 0.717) is 11.3 Å². The summed E-state index contributed by atoms with van der Waals surface area (Å²) >= 11 is 0. The number of carbonyl (C=O) groups is 1. The molecule has 0 aromatic heterocycles. The van der Waals surface area contributed by atoms with Crippen molar-refractivity contribution >= 4 is 5.97 Å². The molecule has 0 atom stereocenters. The number of fused-ring (bicyclic) bond motifs is 1. The van der Waals surface area contributed by atoms with Crippen molar-refractivity contribution in [2.45, 2.75) is 13.0 Å². The van der Waals surface area contributed by atoms with Crippen molar-refractivity contribution in [1.29, 1.82) is 0 Å². The molecule has 15 heavy (non-hydrogen) atoms. The monoisotopic (exact) mass is 212 g/mol. The Morgan fingerprint density at radius 1 is 1.53 bits per heavy atom. The van der Waals surface area contributed by atoms with E-state index in [1.807, 2.05) is 0 Å². The summed E-state index contributed by atoms with van der Waals surface area (Å²) in [5.74, 6) is -1.11. The molecule has 0 radical (unpaired) electrons. The molecule has 1 aromatic carbocycles. The Hall–Kier alpha value is -1.62. The Balaban J connectivity index is 2.45. The lowest BCUT2D eigenvalue weighted by Gasteiger charge is -2.20. The van der Waals surface area contributed by atoms with E-state index in [1.165, 1.54) is 12.1 Å². The van der Waals surface area contributed by atoms with E-state index in [4.69, 9.17) is 14.6 Å². The molecular weight excluding hydrogens is 203 g/mol. The zero-order valence-electron chi connectivity index (χ0n) is 7.83. The van der Waals surface area contributed by atoms with Gasteiger partial charge >= 0.3 is 5.97 Å². The van der Waals surface area contributed by atoms with Crippen LogP contribution in [-0.2, 0) is 22.6 Å². The molecule has 1 heterocycles. The predicted octanol–water partition coefficient (Wildman–Crippen LogP) is 1.32. The van der Waals surface area contributed by atoms with Gasteiger partial charge < -0.3 is 14.6 Å². The summed E-state index contributed by atoms with van der Waals surface area (Å²) in [6.45, 7) is 0.306.